The van der Waals surface area contributed by atoms with Crippen molar-refractivity contribution in [1.82, 2.24) is 0 Å². The molecule has 2 aromatic carbocycles. The first kappa shape index (κ1) is 28.1. The van der Waals surface area contributed by atoms with Crippen molar-refractivity contribution in [3.05, 3.63) is 58.6 Å². The smallest absolute Gasteiger partial charge is 0.311 e. The Labute approximate surface area is 209 Å². The van der Waals surface area contributed by atoms with Crippen molar-refractivity contribution in [3.63, 3.8) is 0 Å². The highest BCUT2D eigenvalue weighted by molar-refractivity contribution is 5.72. The van der Waals surface area contributed by atoms with Gasteiger partial charge in [-0.1, -0.05) is 96.1 Å². The highest BCUT2D eigenvalue weighted by Gasteiger charge is 2.11. The molecular weight excluding hydrogens is 442 g/mol. The van der Waals surface area contributed by atoms with Crippen molar-refractivity contribution in [2.75, 3.05) is 0 Å². The lowest BCUT2D eigenvalue weighted by molar-refractivity contribution is -0.384. The first-order valence-corrected chi connectivity index (χ1v) is 13.1. The molecule has 0 saturated carbocycles. The Balaban J connectivity index is 1.56. The molecule has 190 valence electrons. The molecule has 0 fully saturated rings. The zero-order chi connectivity index (χ0) is 25.1. The molecule has 0 N–H and O–H groups in total. The zero-order valence-electron chi connectivity index (χ0n) is 21.0. The Morgan fingerprint density at radius 2 is 1.31 bits per heavy atom. The van der Waals surface area contributed by atoms with Crippen molar-refractivity contribution in [1.29, 1.82) is 0 Å². The van der Waals surface area contributed by atoms with Gasteiger partial charge in [-0.15, -0.1) is 5.11 Å². The van der Waals surface area contributed by atoms with E-state index in [4.69, 9.17) is 4.74 Å². The number of nitro groups is 1. The first-order chi connectivity index (χ1) is 17.1. The van der Waals surface area contributed by atoms with Gasteiger partial charge in [-0.05, 0) is 36.8 Å². The van der Waals surface area contributed by atoms with E-state index in [1.54, 1.807) is 36.4 Å². The molecule has 0 aliphatic carbocycles. The average molecular weight is 482 g/mol. The molecule has 0 aromatic heterocycles. The number of hydrogen-bond donors (Lipinski definition) is 0. The third-order valence-electron chi connectivity index (χ3n) is 5.90. The fraction of sp³-hybridized carbons (Fsp3) is 0.536. The largest absolute Gasteiger partial charge is 0.427 e. The number of rotatable bonds is 18. The normalized spacial score (nSPS) is 11.1. The molecule has 2 rings (SSSR count). The summed E-state index contributed by atoms with van der Waals surface area (Å²) in [5.74, 6) is 0.219. The van der Waals surface area contributed by atoms with E-state index in [0.29, 0.717) is 17.9 Å². The van der Waals surface area contributed by atoms with E-state index in [-0.39, 0.29) is 17.3 Å². The predicted molar refractivity (Wildman–Crippen MR) is 140 cm³/mol. The molecule has 35 heavy (non-hydrogen) atoms. The number of ether oxygens (including phenoxy) is 1. The third kappa shape index (κ3) is 12.3. The van der Waals surface area contributed by atoms with E-state index in [0.717, 1.165) is 12.8 Å². The SMILES string of the molecule is CCCCCCCCCCCCCCCC(=O)Oc1ccc(N=Nc2ccccc2[N+](=O)[O-])cc1. The summed E-state index contributed by atoms with van der Waals surface area (Å²) < 4.78 is 5.39. The van der Waals surface area contributed by atoms with Crippen LogP contribution in [0, 0.1) is 10.1 Å². The molecule has 7 heteroatoms. The Hall–Kier alpha value is -3.09. The molecule has 0 spiro atoms. The summed E-state index contributed by atoms with van der Waals surface area (Å²) in [4.78, 5) is 22.6. The second-order valence-corrected chi connectivity index (χ2v) is 8.91. The molecule has 0 atom stereocenters. The third-order valence-corrected chi connectivity index (χ3v) is 5.90. The van der Waals surface area contributed by atoms with Crippen LogP contribution in [-0.4, -0.2) is 10.9 Å². The van der Waals surface area contributed by atoms with Gasteiger partial charge in [0.05, 0.1) is 10.6 Å². The molecular formula is C28H39N3O4. The van der Waals surface area contributed by atoms with Gasteiger partial charge in [0.2, 0.25) is 0 Å². The number of carbonyl (C=O) groups excluding carboxylic acids is 1. The molecule has 0 unspecified atom stereocenters. The number of benzene rings is 2. The second-order valence-electron chi connectivity index (χ2n) is 8.91. The highest BCUT2D eigenvalue weighted by atomic mass is 16.6. The minimum Gasteiger partial charge on any atom is -0.427 e. The second kappa shape index (κ2) is 17.4. The molecule has 7 nitrogen and oxygen atoms in total. The summed E-state index contributed by atoms with van der Waals surface area (Å²) in [7, 11) is 0. The van der Waals surface area contributed by atoms with Crippen LogP contribution in [0.2, 0.25) is 0 Å². The molecule has 0 saturated heterocycles. The quantitative estimate of drug-likeness (QED) is 0.0529. The predicted octanol–water partition coefficient (Wildman–Crippen LogP) is 9.40. The summed E-state index contributed by atoms with van der Waals surface area (Å²) >= 11 is 0. The Morgan fingerprint density at radius 1 is 0.771 bits per heavy atom. The van der Waals surface area contributed by atoms with Crippen LogP contribution >= 0.6 is 0 Å². The van der Waals surface area contributed by atoms with Crippen LogP contribution < -0.4 is 4.74 Å². The topological polar surface area (TPSA) is 94.2 Å². The van der Waals surface area contributed by atoms with E-state index in [1.165, 1.54) is 82.8 Å². The van der Waals surface area contributed by atoms with Gasteiger partial charge in [0, 0.05) is 12.5 Å². The summed E-state index contributed by atoms with van der Waals surface area (Å²) in [5, 5.41) is 19.0. The molecule has 0 heterocycles. The summed E-state index contributed by atoms with van der Waals surface area (Å²) in [6.45, 7) is 2.25. The van der Waals surface area contributed by atoms with Gasteiger partial charge in [-0.3, -0.25) is 14.9 Å². The van der Waals surface area contributed by atoms with Gasteiger partial charge in [0.15, 0.2) is 5.69 Å². The van der Waals surface area contributed by atoms with Crippen LogP contribution in [0.4, 0.5) is 17.1 Å². The van der Waals surface area contributed by atoms with Gasteiger partial charge in [-0.25, -0.2) is 0 Å². The highest BCUT2D eigenvalue weighted by Crippen LogP contribution is 2.28. The minimum absolute atomic E-state index is 0.102. The average Bonchev–Trinajstić information content (AvgIpc) is 2.86. The number of nitro benzene ring substituents is 1. The van der Waals surface area contributed by atoms with E-state index in [9.17, 15) is 14.9 Å². The maximum Gasteiger partial charge on any atom is 0.311 e. The minimum atomic E-state index is -0.492. The molecule has 0 radical (unpaired) electrons. The van der Waals surface area contributed by atoms with Crippen LogP contribution in [0.3, 0.4) is 0 Å². The van der Waals surface area contributed by atoms with Crippen LogP contribution in [0.25, 0.3) is 0 Å². The van der Waals surface area contributed by atoms with Crippen molar-refractivity contribution in [3.8, 4) is 5.75 Å². The lowest BCUT2D eigenvalue weighted by Gasteiger charge is -2.05. The van der Waals surface area contributed by atoms with Crippen LogP contribution in [0.15, 0.2) is 58.8 Å². The maximum atomic E-state index is 12.1. The zero-order valence-corrected chi connectivity index (χ0v) is 21.0. The summed E-state index contributed by atoms with van der Waals surface area (Å²) in [6.07, 6.45) is 16.9. The molecule has 0 bridgehead atoms. The first-order valence-electron chi connectivity index (χ1n) is 13.1. The number of azo groups is 1. The Kier molecular flexibility index (Phi) is 14.0. The van der Waals surface area contributed by atoms with Gasteiger partial charge in [0.1, 0.15) is 5.75 Å². The lowest BCUT2D eigenvalue weighted by atomic mass is 10.0. The maximum absolute atomic E-state index is 12.1. The number of esters is 1. The Bertz CT molecular complexity index is 913. The van der Waals surface area contributed by atoms with Crippen LogP contribution in [0.5, 0.6) is 5.75 Å². The monoisotopic (exact) mass is 481 g/mol. The van der Waals surface area contributed by atoms with E-state index in [2.05, 4.69) is 17.2 Å². The molecule has 0 aliphatic rings. The standard InChI is InChI=1S/C28H39N3O4/c1-2-3-4-5-6-7-8-9-10-11-12-13-14-19-28(32)35-25-22-20-24(21-23-25)29-30-26-17-15-16-18-27(26)31(33)34/h15-18,20-23H,2-14,19H2,1H3. The molecule has 2 aromatic rings. The number of hydrogen-bond acceptors (Lipinski definition) is 6. The van der Waals surface area contributed by atoms with Gasteiger partial charge in [0.25, 0.3) is 5.69 Å². The molecule has 0 amide bonds. The number of carbonyl (C=O) groups is 1. The van der Waals surface area contributed by atoms with Crippen LogP contribution in [-0.2, 0) is 4.79 Å². The molecule has 0 aliphatic heterocycles. The van der Waals surface area contributed by atoms with Gasteiger partial charge < -0.3 is 4.74 Å². The number of unbranched alkanes of at least 4 members (excludes halogenated alkanes) is 12. The lowest BCUT2D eigenvalue weighted by Crippen LogP contribution is -2.07. The fourth-order valence-corrected chi connectivity index (χ4v) is 3.87. The van der Waals surface area contributed by atoms with Gasteiger partial charge >= 0.3 is 5.97 Å². The number of para-hydroxylation sites is 1. The van der Waals surface area contributed by atoms with Crippen molar-refractivity contribution < 1.29 is 14.5 Å². The number of nitrogens with zero attached hydrogens (tertiary/aromatic N) is 3. The van der Waals surface area contributed by atoms with E-state index >= 15 is 0 Å². The van der Waals surface area contributed by atoms with Crippen molar-refractivity contribution in [2.45, 2.75) is 96.8 Å². The van der Waals surface area contributed by atoms with Crippen molar-refractivity contribution in [2.24, 2.45) is 10.2 Å². The fourth-order valence-electron chi connectivity index (χ4n) is 3.87. The Morgan fingerprint density at radius 3 is 1.89 bits per heavy atom. The summed E-state index contributed by atoms with van der Waals surface area (Å²) in [5.41, 5.74) is 0.597. The van der Waals surface area contributed by atoms with Crippen LogP contribution in [0.1, 0.15) is 96.8 Å². The van der Waals surface area contributed by atoms with Crippen molar-refractivity contribution >= 4 is 23.0 Å². The van der Waals surface area contributed by atoms with Gasteiger partial charge in [-0.2, -0.15) is 5.11 Å². The van der Waals surface area contributed by atoms with E-state index < -0.39 is 4.92 Å². The van der Waals surface area contributed by atoms with E-state index in [1.807, 2.05) is 0 Å². The summed E-state index contributed by atoms with van der Waals surface area (Å²) in [6, 6.07) is 12.8.